The quantitative estimate of drug-likeness (QED) is 0.281. The molecule has 0 bridgehead atoms. The van der Waals surface area contributed by atoms with Crippen LogP contribution in [-0.2, 0) is 19.5 Å². The Kier molecular flexibility index (Phi) is 7.41. The van der Waals surface area contributed by atoms with E-state index in [1.165, 1.54) is 45.9 Å². The van der Waals surface area contributed by atoms with Crippen LogP contribution < -0.4 is 4.57 Å². The van der Waals surface area contributed by atoms with Gasteiger partial charge in [-0.05, 0) is 46.9 Å². The molecule has 1 heterocycles. The van der Waals surface area contributed by atoms with Gasteiger partial charge in [-0.15, -0.1) is 11.6 Å². The Labute approximate surface area is 187 Å². The standard InChI is InChI=1S/C27H36ClN2/c1-7-25(16-19(2)26-12-8-23(17-28)9-13-26)27-14-10-24(11-15-27)18-30-21(4)20(3)29(6)22(30)5/h8-15,19,25H,7,16-18H2,1-6H3/q+1. The second-order valence-electron chi connectivity index (χ2n) is 8.72. The van der Waals surface area contributed by atoms with E-state index in [0.717, 1.165) is 13.0 Å². The topological polar surface area (TPSA) is 8.81 Å². The molecule has 160 valence electrons. The maximum Gasteiger partial charge on any atom is 0.253 e. The van der Waals surface area contributed by atoms with Crippen LogP contribution in [0.15, 0.2) is 48.5 Å². The number of rotatable bonds is 8. The lowest BCUT2D eigenvalue weighted by Gasteiger charge is -2.21. The summed E-state index contributed by atoms with van der Waals surface area (Å²) in [5.41, 5.74) is 8.09. The molecule has 3 rings (SSSR count). The molecule has 1 aromatic heterocycles. The number of alkyl halides is 1. The number of nitrogens with zero attached hydrogens (tertiary/aromatic N) is 2. The molecule has 0 saturated heterocycles. The molecule has 2 unspecified atom stereocenters. The Bertz CT molecular complexity index is 942. The Hall–Kier alpha value is -2.06. The highest BCUT2D eigenvalue weighted by atomic mass is 35.5. The molecule has 3 aromatic rings. The predicted octanol–water partition coefficient (Wildman–Crippen LogP) is 6.71. The number of hydrogen-bond donors (Lipinski definition) is 0. The minimum Gasteiger partial charge on any atom is -0.234 e. The first kappa shape index (κ1) is 22.6. The van der Waals surface area contributed by atoms with Gasteiger partial charge < -0.3 is 0 Å². The summed E-state index contributed by atoms with van der Waals surface area (Å²) in [6.45, 7) is 12.2. The molecule has 3 heteroatoms. The third-order valence-corrected chi connectivity index (χ3v) is 7.24. The highest BCUT2D eigenvalue weighted by Gasteiger charge is 2.20. The number of hydrogen-bond acceptors (Lipinski definition) is 0. The normalized spacial score (nSPS) is 13.4. The van der Waals surface area contributed by atoms with Crippen LogP contribution in [-0.4, -0.2) is 4.57 Å². The third-order valence-electron chi connectivity index (χ3n) is 6.93. The molecule has 30 heavy (non-hydrogen) atoms. The summed E-state index contributed by atoms with van der Waals surface area (Å²) in [6.07, 6.45) is 2.33. The summed E-state index contributed by atoms with van der Waals surface area (Å²) in [7, 11) is 2.15. The lowest BCUT2D eigenvalue weighted by atomic mass is 9.84. The molecule has 0 N–H and O–H groups in total. The van der Waals surface area contributed by atoms with E-state index >= 15 is 0 Å². The first-order valence-corrected chi connectivity index (χ1v) is 11.6. The van der Waals surface area contributed by atoms with Crippen molar-refractivity contribution >= 4 is 11.6 Å². The van der Waals surface area contributed by atoms with E-state index in [4.69, 9.17) is 11.6 Å². The maximum absolute atomic E-state index is 5.93. The van der Waals surface area contributed by atoms with Gasteiger partial charge in [-0.25, -0.2) is 9.13 Å². The zero-order valence-corrected chi connectivity index (χ0v) is 20.1. The van der Waals surface area contributed by atoms with Crippen LogP contribution in [0, 0.1) is 20.8 Å². The van der Waals surface area contributed by atoms with E-state index in [0.29, 0.717) is 17.7 Å². The van der Waals surface area contributed by atoms with Crippen molar-refractivity contribution < 1.29 is 4.57 Å². The van der Waals surface area contributed by atoms with Crippen LogP contribution in [0.5, 0.6) is 0 Å². The lowest BCUT2D eigenvalue weighted by molar-refractivity contribution is -0.683. The molecular formula is C27H36ClN2+. The first-order valence-electron chi connectivity index (χ1n) is 11.1. The minimum atomic E-state index is 0.534. The molecule has 2 nitrogen and oxygen atoms in total. The number of benzene rings is 2. The molecule has 2 atom stereocenters. The van der Waals surface area contributed by atoms with E-state index in [1.54, 1.807) is 0 Å². The van der Waals surface area contributed by atoms with Crippen molar-refractivity contribution in [2.45, 2.75) is 71.7 Å². The molecule has 0 spiro atoms. The van der Waals surface area contributed by atoms with E-state index in [9.17, 15) is 0 Å². The second kappa shape index (κ2) is 9.83. The maximum atomic E-state index is 5.93. The Morgan fingerprint density at radius 2 is 1.47 bits per heavy atom. The number of aromatic nitrogens is 2. The van der Waals surface area contributed by atoms with E-state index in [-0.39, 0.29) is 0 Å². The van der Waals surface area contributed by atoms with Crippen molar-refractivity contribution in [2.24, 2.45) is 7.05 Å². The summed E-state index contributed by atoms with van der Waals surface area (Å²) in [5.74, 6) is 3.00. The van der Waals surface area contributed by atoms with Crippen molar-refractivity contribution in [3.63, 3.8) is 0 Å². The zero-order valence-electron chi connectivity index (χ0n) is 19.4. The molecular weight excluding hydrogens is 388 g/mol. The predicted molar refractivity (Wildman–Crippen MR) is 127 cm³/mol. The van der Waals surface area contributed by atoms with Crippen molar-refractivity contribution in [3.8, 4) is 0 Å². The minimum absolute atomic E-state index is 0.534. The van der Waals surface area contributed by atoms with Crippen molar-refractivity contribution in [2.75, 3.05) is 0 Å². The Balaban J connectivity index is 1.71. The summed E-state index contributed by atoms with van der Waals surface area (Å²) in [6, 6.07) is 18.1. The van der Waals surface area contributed by atoms with Gasteiger partial charge in [0.15, 0.2) is 0 Å². The van der Waals surface area contributed by atoms with Gasteiger partial charge >= 0.3 is 0 Å². The van der Waals surface area contributed by atoms with Gasteiger partial charge in [-0.1, -0.05) is 62.4 Å². The third kappa shape index (κ3) is 4.81. The Morgan fingerprint density at radius 1 is 0.900 bits per heavy atom. The van der Waals surface area contributed by atoms with Gasteiger partial charge in [0.25, 0.3) is 5.82 Å². The van der Waals surface area contributed by atoms with Gasteiger partial charge in [-0.3, -0.25) is 0 Å². The van der Waals surface area contributed by atoms with Gasteiger partial charge in [0, 0.05) is 26.7 Å². The summed E-state index contributed by atoms with van der Waals surface area (Å²) in [4.78, 5) is 0. The highest BCUT2D eigenvalue weighted by Crippen LogP contribution is 2.32. The fraction of sp³-hybridized carbons (Fsp3) is 0.444. The van der Waals surface area contributed by atoms with Crippen LogP contribution in [0.25, 0.3) is 0 Å². The molecule has 0 amide bonds. The Morgan fingerprint density at radius 3 is 1.97 bits per heavy atom. The van der Waals surface area contributed by atoms with Crippen molar-refractivity contribution in [1.29, 1.82) is 0 Å². The molecule has 0 aliphatic carbocycles. The zero-order chi connectivity index (χ0) is 21.8. The monoisotopic (exact) mass is 423 g/mol. The van der Waals surface area contributed by atoms with Crippen LogP contribution in [0.4, 0.5) is 0 Å². The van der Waals surface area contributed by atoms with E-state index in [2.05, 4.69) is 99.3 Å². The SMILES string of the molecule is CCC(CC(C)c1ccc(CCl)cc1)c1ccc(Cn2c(C)c(C)[n+](C)c2C)cc1. The molecule has 0 fully saturated rings. The van der Waals surface area contributed by atoms with Gasteiger partial charge in [0.05, 0.1) is 7.05 Å². The fourth-order valence-electron chi connectivity index (χ4n) is 4.45. The molecule has 0 radical (unpaired) electrons. The lowest BCUT2D eigenvalue weighted by Crippen LogP contribution is -2.33. The summed E-state index contributed by atoms with van der Waals surface area (Å²) < 4.78 is 4.69. The van der Waals surface area contributed by atoms with Crippen molar-refractivity contribution in [3.05, 3.63) is 88.0 Å². The molecule has 0 saturated carbocycles. The first-order chi connectivity index (χ1) is 14.3. The smallest absolute Gasteiger partial charge is 0.234 e. The van der Waals surface area contributed by atoms with Crippen LogP contribution in [0.2, 0.25) is 0 Å². The highest BCUT2D eigenvalue weighted by molar-refractivity contribution is 6.17. The van der Waals surface area contributed by atoms with Crippen LogP contribution in [0.3, 0.4) is 0 Å². The summed E-state index contributed by atoms with van der Waals surface area (Å²) in [5, 5.41) is 0. The van der Waals surface area contributed by atoms with Crippen molar-refractivity contribution in [1.82, 2.24) is 4.57 Å². The average Bonchev–Trinajstić information content (AvgIpc) is 2.96. The average molecular weight is 424 g/mol. The van der Waals surface area contributed by atoms with Gasteiger partial charge in [0.1, 0.15) is 17.9 Å². The second-order valence-corrected chi connectivity index (χ2v) is 8.99. The van der Waals surface area contributed by atoms with E-state index in [1.807, 2.05) is 0 Å². The van der Waals surface area contributed by atoms with Crippen LogP contribution >= 0.6 is 11.6 Å². The molecule has 0 aliphatic heterocycles. The summed E-state index contributed by atoms with van der Waals surface area (Å²) >= 11 is 5.93. The number of imidazole rings is 1. The largest absolute Gasteiger partial charge is 0.253 e. The van der Waals surface area contributed by atoms with E-state index < -0.39 is 0 Å². The molecule has 0 aliphatic rings. The van der Waals surface area contributed by atoms with Gasteiger partial charge in [0.2, 0.25) is 0 Å². The number of halogens is 1. The van der Waals surface area contributed by atoms with Gasteiger partial charge in [-0.2, -0.15) is 0 Å². The fourth-order valence-corrected chi connectivity index (χ4v) is 4.63. The van der Waals surface area contributed by atoms with Crippen LogP contribution in [0.1, 0.15) is 78.0 Å². The molecule has 2 aromatic carbocycles.